The number of aryl methyl sites for hydroxylation is 1. The molecule has 20 heavy (non-hydrogen) atoms. The van der Waals surface area contributed by atoms with Crippen molar-refractivity contribution in [1.29, 1.82) is 0 Å². The summed E-state index contributed by atoms with van der Waals surface area (Å²) in [6.07, 6.45) is 2.25. The van der Waals surface area contributed by atoms with E-state index in [2.05, 4.69) is 37.8 Å². The van der Waals surface area contributed by atoms with Crippen molar-refractivity contribution in [3.8, 4) is 11.1 Å². The Balaban J connectivity index is 0.000000612. The lowest BCUT2D eigenvalue weighted by Crippen LogP contribution is -1.95. The summed E-state index contributed by atoms with van der Waals surface area (Å²) >= 11 is 0. The Morgan fingerprint density at radius 1 is 1.10 bits per heavy atom. The van der Waals surface area contributed by atoms with Crippen LogP contribution in [0.4, 0.5) is 4.39 Å². The van der Waals surface area contributed by atoms with E-state index in [-0.39, 0.29) is 12.2 Å². The maximum Gasteiger partial charge on any atom is 0.204 e. The van der Waals surface area contributed by atoms with E-state index in [4.69, 9.17) is 4.79 Å². The van der Waals surface area contributed by atoms with Crippen molar-refractivity contribution in [2.24, 2.45) is 5.73 Å². The van der Waals surface area contributed by atoms with Gasteiger partial charge < -0.3 is 5.73 Å². The minimum Gasteiger partial charge on any atom is -0.372 e. The van der Waals surface area contributed by atoms with E-state index < -0.39 is 0 Å². The normalized spacial score (nSPS) is 9.55. The topological polar surface area (TPSA) is 43.1 Å². The zero-order chi connectivity index (χ0) is 15.0. The second kappa shape index (κ2) is 8.10. The van der Waals surface area contributed by atoms with Crippen molar-refractivity contribution >= 4 is 6.41 Å². The molecule has 0 radical (unpaired) electrons. The number of halogens is 1. The van der Waals surface area contributed by atoms with Gasteiger partial charge in [-0.25, -0.2) is 4.39 Å². The molecule has 0 unspecified atom stereocenters. The van der Waals surface area contributed by atoms with Gasteiger partial charge >= 0.3 is 0 Å². The highest BCUT2D eigenvalue weighted by Gasteiger charge is 2.07. The average Bonchev–Trinajstić information content (AvgIpc) is 2.47. The van der Waals surface area contributed by atoms with Crippen LogP contribution in [0.5, 0.6) is 0 Å². The molecule has 0 bridgehead atoms. The van der Waals surface area contributed by atoms with Crippen LogP contribution in [0.3, 0.4) is 0 Å². The summed E-state index contributed by atoms with van der Waals surface area (Å²) in [5, 5.41) is 0. The number of carbonyl (C=O) groups is 1. The second-order valence-corrected chi connectivity index (χ2v) is 4.30. The molecule has 2 N–H and O–H groups in total. The van der Waals surface area contributed by atoms with Gasteiger partial charge in [0.2, 0.25) is 6.41 Å². The van der Waals surface area contributed by atoms with Crippen LogP contribution in [-0.2, 0) is 17.6 Å². The number of carbonyl (C=O) groups excluding carboxylic acids is 1. The van der Waals surface area contributed by atoms with E-state index in [0.717, 1.165) is 24.0 Å². The van der Waals surface area contributed by atoms with E-state index in [1.165, 1.54) is 17.2 Å². The summed E-state index contributed by atoms with van der Waals surface area (Å²) in [6.45, 7) is 4.31. The van der Waals surface area contributed by atoms with Gasteiger partial charge in [0, 0.05) is 0 Å². The van der Waals surface area contributed by atoms with Gasteiger partial charge in [-0.15, -0.1) is 0 Å². The summed E-state index contributed by atoms with van der Waals surface area (Å²) in [5.41, 5.74) is 8.98. The summed E-state index contributed by atoms with van der Waals surface area (Å²) in [6, 6.07) is 13.1. The number of hydrogen-bond acceptors (Lipinski definition) is 1. The van der Waals surface area contributed by atoms with Gasteiger partial charge in [0.1, 0.15) is 5.82 Å². The van der Waals surface area contributed by atoms with Gasteiger partial charge in [0.25, 0.3) is 0 Å². The van der Waals surface area contributed by atoms with Gasteiger partial charge in [-0.1, -0.05) is 44.2 Å². The lowest BCUT2D eigenvalue weighted by molar-refractivity contribution is -0.106. The third-order valence-corrected chi connectivity index (χ3v) is 3.14. The summed E-state index contributed by atoms with van der Waals surface area (Å²) < 4.78 is 13.3. The van der Waals surface area contributed by atoms with Crippen LogP contribution < -0.4 is 5.73 Å². The smallest absolute Gasteiger partial charge is 0.204 e. The molecule has 0 spiro atoms. The molecule has 0 aromatic heterocycles. The molecule has 2 nitrogen and oxygen atoms in total. The Morgan fingerprint density at radius 3 is 2.30 bits per heavy atom. The predicted molar refractivity (Wildman–Crippen MR) is 80.8 cm³/mol. The number of amides is 1. The SMILES string of the molecule is CCc1cccc(-c2cccc(F)c2)c1CC.NC=O. The molecule has 2 rings (SSSR count). The van der Waals surface area contributed by atoms with E-state index in [0.29, 0.717) is 0 Å². The van der Waals surface area contributed by atoms with Crippen molar-refractivity contribution in [3.63, 3.8) is 0 Å². The molecule has 0 saturated heterocycles. The molecule has 0 aliphatic rings. The van der Waals surface area contributed by atoms with Crippen LogP contribution in [0.2, 0.25) is 0 Å². The minimum absolute atomic E-state index is 0.175. The minimum atomic E-state index is -0.175. The van der Waals surface area contributed by atoms with E-state index in [1.54, 1.807) is 12.1 Å². The fraction of sp³-hybridized carbons (Fsp3) is 0.235. The third-order valence-electron chi connectivity index (χ3n) is 3.14. The van der Waals surface area contributed by atoms with Crippen LogP contribution in [-0.4, -0.2) is 6.41 Å². The summed E-state index contributed by atoms with van der Waals surface area (Å²) in [5.74, 6) is -0.175. The highest BCUT2D eigenvalue weighted by Crippen LogP contribution is 2.27. The summed E-state index contributed by atoms with van der Waals surface area (Å²) in [4.78, 5) is 8.58. The molecule has 2 aromatic carbocycles. The fourth-order valence-corrected chi connectivity index (χ4v) is 2.31. The van der Waals surface area contributed by atoms with Gasteiger partial charge in [-0.3, -0.25) is 4.79 Å². The molecule has 0 aliphatic carbocycles. The molecule has 2 aromatic rings. The zero-order valence-electron chi connectivity index (χ0n) is 11.9. The predicted octanol–water partition coefficient (Wildman–Crippen LogP) is 3.72. The van der Waals surface area contributed by atoms with Crippen LogP contribution in [0.1, 0.15) is 25.0 Å². The van der Waals surface area contributed by atoms with Crippen molar-refractivity contribution in [1.82, 2.24) is 0 Å². The monoisotopic (exact) mass is 273 g/mol. The third kappa shape index (κ3) is 3.92. The van der Waals surface area contributed by atoms with Crippen molar-refractivity contribution < 1.29 is 9.18 Å². The Labute approximate surface area is 119 Å². The standard InChI is InChI=1S/C16H17F.CH3NO/c1-3-12-7-6-10-16(15(12)4-2)13-8-5-9-14(17)11-13;2-1-3/h5-11H,3-4H2,1-2H3;1H,(H2,2,3). The van der Waals surface area contributed by atoms with Crippen molar-refractivity contribution in [2.45, 2.75) is 26.7 Å². The maximum absolute atomic E-state index is 13.3. The van der Waals surface area contributed by atoms with Gasteiger partial charge in [-0.2, -0.15) is 0 Å². The Bertz CT molecular complexity index is 567. The molecule has 106 valence electrons. The Kier molecular flexibility index (Phi) is 6.44. The lowest BCUT2D eigenvalue weighted by Gasteiger charge is -2.12. The molecule has 3 heteroatoms. The number of rotatable bonds is 3. The maximum atomic E-state index is 13.3. The highest BCUT2D eigenvalue weighted by molar-refractivity contribution is 5.68. The molecular formula is C17H20FNO. The second-order valence-electron chi connectivity index (χ2n) is 4.30. The molecular weight excluding hydrogens is 253 g/mol. The van der Waals surface area contributed by atoms with Crippen LogP contribution in [0, 0.1) is 5.82 Å². The first kappa shape index (κ1) is 15.9. The quantitative estimate of drug-likeness (QED) is 0.851. The van der Waals surface area contributed by atoms with Gasteiger partial charge in [0.15, 0.2) is 0 Å². The van der Waals surface area contributed by atoms with Crippen LogP contribution >= 0.6 is 0 Å². The largest absolute Gasteiger partial charge is 0.372 e. The van der Waals surface area contributed by atoms with Crippen molar-refractivity contribution in [2.75, 3.05) is 0 Å². The fourth-order valence-electron chi connectivity index (χ4n) is 2.31. The zero-order valence-corrected chi connectivity index (χ0v) is 11.9. The van der Waals surface area contributed by atoms with Crippen LogP contribution in [0.25, 0.3) is 11.1 Å². The average molecular weight is 273 g/mol. The molecule has 0 heterocycles. The first-order valence-electron chi connectivity index (χ1n) is 6.69. The van der Waals surface area contributed by atoms with E-state index in [9.17, 15) is 4.39 Å². The van der Waals surface area contributed by atoms with E-state index >= 15 is 0 Å². The molecule has 0 fully saturated rings. The number of primary amides is 1. The van der Waals surface area contributed by atoms with Crippen molar-refractivity contribution in [3.05, 3.63) is 59.4 Å². The number of benzene rings is 2. The van der Waals surface area contributed by atoms with Gasteiger partial charge in [-0.05, 0) is 47.2 Å². The van der Waals surface area contributed by atoms with E-state index in [1.807, 2.05) is 6.07 Å². The number of hydrogen-bond donors (Lipinski definition) is 1. The number of nitrogens with two attached hydrogens (primary N) is 1. The Morgan fingerprint density at radius 2 is 1.75 bits per heavy atom. The molecule has 0 atom stereocenters. The summed E-state index contributed by atoms with van der Waals surface area (Å²) in [7, 11) is 0. The molecule has 0 saturated carbocycles. The lowest BCUT2D eigenvalue weighted by atomic mass is 9.93. The van der Waals surface area contributed by atoms with Gasteiger partial charge in [0.05, 0.1) is 0 Å². The Hall–Kier alpha value is -2.16. The molecule has 0 aliphatic heterocycles. The van der Waals surface area contributed by atoms with Crippen LogP contribution in [0.15, 0.2) is 42.5 Å². The first-order valence-corrected chi connectivity index (χ1v) is 6.69. The first-order chi connectivity index (χ1) is 9.67. The highest BCUT2D eigenvalue weighted by atomic mass is 19.1. The molecule has 1 amide bonds.